The molecule has 0 aromatic heterocycles. The van der Waals surface area contributed by atoms with Crippen molar-refractivity contribution >= 4 is 9.84 Å². The predicted octanol–water partition coefficient (Wildman–Crippen LogP) is 2.29. The zero-order valence-corrected chi connectivity index (χ0v) is 10.4. The molecule has 0 spiro atoms. The van der Waals surface area contributed by atoms with E-state index in [0.717, 1.165) is 25.7 Å². The molecule has 2 saturated carbocycles. The number of rotatable bonds is 5. The smallest absolute Gasteiger partial charge is 0.151 e. The first-order chi connectivity index (χ1) is 7.55. The summed E-state index contributed by atoms with van der Waals surface area (Å²) < 4.78 is 24.0. The van der Waals surface area contributed by atoms with Crippen LogP contribution in [0.1, 0.15) is 44.9 Å². The SMILES string of the molecule is N#CCC1(CS(=O)(=O)CC2CCCC2)CC1. The van der Waals surface area contributed by atoms with Crippen LogP contribution in [-0.2, 0) is 9.84 Å². The van der Waals surface area contributed by atoms with E-state index in [1.54, 1.807) is 0 Å². The zero-order valence-electron chi connectivity index (χ0n) is 9.61. The lowest BCUT2D eigenvalue weighted by Crippen LogP contribution is -2.23. The summed E-state index contributed by atoms with van der Waals surface area (Å²) in [6, 6.07) is 2.12. The largest absolute Gasteiger partial charge is 0.229 e. The summed E-state index contributed by atoms with van der Waals surface area (Å²) in [5.41, 5.74) is -0.161. The summed E-state index contributed by atoms with van der Waals surface area (Å²) in [5, 5.41) is 8.68. The average molecular weight is 241 g/mol. The maximum Gasteiger partial charge on any atom is 0.151 e. The highest BCUT2D eigenvalue weighted by molar-refractivity contribution is 7.91. The first kappa shape index (κ1) is 11.9. The summed E-state index contributed by atoms with van der Waals surface area (Å²) in [4.78, 5) is 0. The second-order valence-electron chi connectivity index (χ2n) is 5.54. The van der Waals surface area contributed by atoms with E-state index in [-0.39, 0.29) is 11.2 Å². The number of hydrogen-bond acceptors (Lipinski definition) is 3. The van der Waals surface area contributed by atoms with Crippen molar-refractivity contribution in [1.82, 2.24) is 0 Å². The van der Waals surface area contributed by atoms with Crippen LogP contribution in [0.3, 0.4) is 0 Å². The molecule has 0 bridgehead atoms. The minimum absolute atomic E-state index is 0.161. The van der Waals surface area contributed by atoms with E-state index >= 15 is 0 Å². The van der Waals surface area contributed by atoms with E-state index in [1.165, 1.54) is 12.8 Å². The van der Waals surface area contributed by atoms with Crippen molar-refractivity contribution in [3.05, 3.63) is 0 Å². The fourth-order valence-corrected chi connectivity index (χ4v) is 5.27. The van der Waals surface area contributed by atoms with E-state index in [9.17, 15) is 8.42 Å². The summed E-state index contributed by atoms with van der Waals surface area (Å²) in [7, 11) is -2.93. The molecule has 2 aliphatic carbocycles. The van der Waals surface area contributed by atoms with Gasteiger partial charge < -0.3 is 0 Å². The lowest BCUT2D eigenvalue weighted by molar-refractivity contribution is 0.528. The van der Waals surface area contributed by atoms with Gasteiger partial charge in [0.05, 0.1) is 17.6 Å². The van der Waals surface area contributed by atoms with Gasteiger partial charge in [0.25, 0.3) is 0 Å². The molecule has 0 heterocycles. The van der Waals surface area contributed by atoms with Gasteiger partial charge in [0, 0.05) is 6.42 Å². The van der Waals surface area contributed by atoms with Crippen molar-refractivity contribution in [2.75, 3.05) is 11.5 Å². The third-order valence-electron chi connectivity index (χ3n) is 3.90. The maximum absolute atomic E-state index is 12.0. The third kappa shape index (κ3) is 2.98. The molecule has 0 unspecified atom stereocenters. The number of hydrogen-bond donors (Lipinski definition) is 0. The van der Waals surface area contributed by atoms with Crippen LogP contribution in [0.4, 0.5) is 0 Å². The predicted molar refractivity (Wildman–Crippen MR) is 62.5 cm³/mol. The number of nitrogens with zero attached hydrogens (tertiary/aromatic N) is 1. The molecule has 0 saturated heterocycles. The Hall–Kier alpha value is -0.560. The van der Waals surface area contributed by atoms with Crippen molar-refractivity contribution in [2.24, 2.45) is 11.3 Å². The Morgan fingerprint density at radius 2 is 1.88 bits per heavy atom. The van der Waals surface area contributed by atoms with Crippen LogP contribution in [0, 0.1) is 22.7 Å². The number of nitriles is 1. The van der Waals surface area contributed by atoms with Crippen molar-refractivity contribution in [3.63, 3.8) is 0 Å². The fourth-order valence-electron chi connectivity index (χ4n) is 2.78. The molecule has 3 nitrogen and oxygen atoms in total. The van der Waals surface area contributed by atoms with Crippen LogP contribution in [0.15, 0.2) is 0 Å². The maximum atomic E-state index is 12.0. The zero-order chi connectivity index (χ0) is 11.6. The Bertz CT molecular complexity index is 384. The molecule has 0 amide bonds. The Labute approximate surface area is 97.8 Å². The lowest BCUT2D eigenvalue weighted by Gasteiger charge is -2.14. The molecular formula is C12H19NO2S. The first-order valence-corrected chi connectivity index (χ1v) is 7.95. The van der Waals surface area contributed by atoms with Crippen LogP contribution in [-0.4, -0.2) is 19.9 Å². The Morgan fingerprint density at radius 3 is 2.38 bits per heavy atom. The van der Waals surface area contributed by atoms with Gasteiger partial charge in [-0.1, -0.05) is 12.8 Å². The van der Waals surface area contributed by atoms with E-state index in [0.29, 0.717) is 18.1 Å². The summed E-state index contributed by atoms with van der Waals surface area (Å²) in [6.07, 6.45) is 6.77. The van der Waals surface area contributed by atoms with Gasteiger partial charge in [0.15, 0.2) is 9.84 Å². The second kappa shape index (κ2) is 4.37. The number of sulfone groups is 1. The van der Waals surface area contributed by atoms with Crippen LogP contribution in [0.5, 0.6) is 0 Å². The fraction of sp³-hybridized carbons (Fsp3) is 0.917. The van der Waals surface area contributed by atoms with Crippen molar-refractivity contribution in [3.8, 4) is 6.07 Å². The van der Waals surface area contributed by atoms with Gasteiger partial charge in [-0.2, -0.15) is 5.26 Å². The molecule has 0 atom stereocenters. The Balaban J connectivity index is 1.90. The highest BCUT2D eigenvalue weighted by atomic mass is 32.2. The molecule has 4 heteroatoms. The Morgan fingerprint density at radius 1 is 1.25 bits per heavy atom. The molecule has 2 fully saturated rings. The summed E-state index contributed by atoms with van der Waals surface area (Å²) in [6.45, 7) is 0. The van der Waals surface area contributed by atoms with Crippen LogP contribution >= 0.6 is 0 Å². The van der Waals surface area contributed by atoms with Gasteiger partial charge in [0.2, 0.25) is 0 Å². The van der Waals surface area contributed by atoms with Gasteiger partial charge >= 0.3 is 0 Å². The van der Waals surface area contributed by atoms with Crippen molar-refractivity contribution in [2.45, 2.75) is 44.9 Å². The average Bonchev–Trinajstić information content (AvgIpc) is 2.74. The molecule has 16 heavy (non-hydrogen) atoms. The monoisotopic (exact) mass is 241 g/mol. The van der Waals surface area contributed by atoms with Gasteiger partial charge in [0.1, 0.15) is 0 Å². The topological polar surface area (TPSA) is 57.9 Å². The van der Waals surface area contributed by atoms with E-state index in [2.05, 4.69) is 6.07 Å². The molecule has 90 valence electrons. The molecule has 0 aromatic carbocycles. The van der Waals surface area contributed by atoms with Crippen molar-refractivity contribution in [1.29, 1.82) is 5.26 Å². The first-order valence-electron chi connectivity index (χ1n) is 6.13. The van der Waals surface area contributed by atoms with E-state index in [4.69, 9.17) is 5.26 Å². The highest BCUT2D eigenvalue weighted by Crippen LogP contribution is 2.49. The molecule has 2 rings (SSSR count). The quantitative estimate of drug-likeness (QED) is 0.742. The molecule has 0 aliphatic heterocycles. The van der Waals surface area contributed by atoms with Crippen LogP contribution in [0.25, 0.3) is 0 Å². The molecule has 2 aliphatic rings. The van der Waals surface area contributed by atoms with Gasteiger partial charge in [-0.25, -0.2) is 8.42 Å². The summed E-state index contributed by atoms with van der Waals surface area (Å²) >= 11 is 0. The van der Waals surface area contributed by atoms with E-state index in [1.807, 2.05) is 0 Å². The molecule has 0 N–H and O–H groups in total. The van der Waals surface area contributed by atoms with Crippen LogP contribution in [0.2, 0.25) is 0 Å². The minimum Gasteiger partial charge on any atom is -0.229 e. The minimum atomic E-state index is -2.93. The van der Waals surface area contributed by atoms with Gasteiger partial charge in [-0.3, -0.25) is 0 Å². The standard InChI is InChI=1S/C12H19NO2S/c13-8-7-12(5-6-12)10-16(14,15)9-11-3-1-2-4-11/h11H,1-7,9-10H2. The second-order valence-corrected chi connectivity index (χ2v) is 7.65. The molecule has 0 radical (unpaired) electrons. The highest BCUT2D eigenvalue weighted by Gasteiger charge is 2.46. The van der Waals surface area contributed by atoms with Crippen LogP contribution < -0.4 is 0 Å². The van der Waals surface area contributed by atoms with Gasteiger partial charge in [-0.15, -0.1) is 0 Å². The summed E-state index contributed by atoms with van der Waals surface area (Å²) in [5.74, 6) is 1.01. The van der Waals surface area contributed by atoms with E-state index < -0.39 is 9.84 Å². The normalized spacial score (nSPS) is 24.2. The molecule has 0 aromatic rings. The van der Waals surface area contributed by atoms with Gasteiger partial charge in [-0.05, 0) is 37.0 Å². The third-order valence-corrected chi connectivity index (χ3v) is 5.93. The van der Waals surface area contributed by atoms with Crippen molar-refractivity contribution < 1.29 is 8.42 Å². The Kier molecular flexibility index (Phi) is 3.25. The molecular weight excluding hydrogens is 222 g/mol. The lowest BCUT2D eigenvalue weighted by atomic mass is 10.1.